The van der Waals surface area contributed by atoms with Crippen LogP contribution in [0.25, 0.3) is 22.4 Å². The zero-order chi connectivity index (χ0) is 18.8. The molecule has 0 bridgehead atoms. The summed E-state index contributed by atoms with van der Waals surface area (Å²) in [5, 5.41) is 5.50. The molecule has 1 fully saturated rings. The maximum absolute atomic E-state index is 14.4. The van der Waals surface area contributed by atoms with Crippen LogP contribution in [-0.4, -0.2) is 47.2 Å². The fourth-order valence-corrected chi connectivity index (χ4v) is 3.37. The Balaban J connectivity index is 1.54. The molecular weight excluding hydrogens is 347 g/mol. The van der Waals surface area contributed by atoms with E-state index in [1.165, 1.54) is 6.20 Å². The number of carbonyl (C=O) groups excluding carboxylic acids is 1. The van der Waals surface area contributed by atoms with Gasteiger partial charge in [0, 0.05) is 26.2 Å². The first-order valence-corrected chi connectivity index (χ1v) is 8.98. The number of fused-ring (bicyclic) bond motifs is 1. The number of imidazole rings is 1. The molecule has 3 aromatic rings. The van der Waals surface area contributed by atoms with E-state index in [2.05, 4.69) is 30.5 Å². The number of benzene rings is 1. The average molecular weight is 368 g/mol. The van der Waals surface area contributed by atoms with Crippen LogP contribution >= 0.6 is 0 Å². The first kappa shape index (κ1) is 17.3. The molecule has 140 valence electrons. The zero-order valence-electron chi connectivity index (χ0n) is 15.0. The minimum atomic E-state index is -0.408. The molecule has 7 nitrogen and oxygen atoms in total. The number of aromatic amines is 1. The normalized spacial score (nSPS) is 15.1. The van der Waals surface area contributed by atoms with Gasteiger partial charge in [0.05, 0.1) is 22.8 Å². The summed E-state index contributed by atoms with van der Waals surface area (Å²) in [7, 11) is 1.60. The topological polar surface area (TPSA) is 85.9 Å². The standard InChI is InChI=1S/C19H21FN6O/c1-21-19(27)23-12-6-8-26(9-7-12)17-10-13(14(20)11-22-17)18-24-15-4-2-3-5-16(15)25-18/h2-5,10-12H,6-9H2,1H3,(H,24,25)(H2,21,23,27). The van der Waals surface area contributed by atoms with Crippen molar-refractivity contribution in [3.05, 3.63) is 42.3 Å². The molecule has 2 aromatic heterocycles. The Kier molecular flexibility index (Phi) is 4.62. The quantitative estimate of drug-likeness (QED) is 0.663. The lowest BCUT2D eigenvalue weighted by Gasteiger charge is -2.33. The van der Waals surface area contributed by atoms with Crippen LogP contribution in [0.1, 0.15) is 12.8 Å². The van der Waals surface area contributed by atoms with E-state index < -0.39 is 5.82 Å². The third kappa shape index (κ3) is 3.55. The highest BCUT2D eigenvalue weighted by molar-refractivity contribution is 5.79. The van der Waals surface area contributed by atoms with E-state index in [0.29, 0.717) is 17.2 Å². The molecule has 0 aliphatic carbocycles. The van der Waals surface area contributed by atoms with Crippen LogP contribution in [0.5, 0.6) is 0 Å². The minimum Gasteiger partial charge on any atom is -0.356 e. The van der Waals surface area contributed by atoms with Gasteiger partial charge in [0.15, 0.2) is 5.82 Å². The molecule has 0 spiro atoms. The predicted octanol–water partition coefficient (Wildman–Crippen LogP) is 2.66. The molecule has 1 aromatic carbocycles. The Bertz CT molecular complexity index is 931. The number of nitrogens with one attached hydrogen (secondary N) is 3. The van der Waals surface area contributed by atoms with Crippen LogP contribution in [0.15, 0.2) is 36.5 Å². The molecule has 4 rings (SSSR count). The first-order valence-electron chi connectivity index (χ1n) is 8.98. The highest BCUT2D eigenvalue weighted by Gasteiger charge is 2.22. The molecule has 0 radical (unpaired) electrons. The van der Waals surface area contributed by atoms with E-state index in [9.17, 15) is 9.18 Å². The van der Waals surface area contributed by atoms with Crippen LogP contribution in [0, 0.1) is 5.82 Å². The number of aromatic nitrogens is 3. The Labute approximate surface area is 156 Å². The van der Waals surface area contributed by atoms with Crippen molar-refractivity contribution in [2.75, 3.05) is 25.0 Å². The van der Waals surface area contributed by atoms with E-state index in [-0.39, 0.29) is 12.1 Å². The Hall–Kier alpha value is -3.16. The SMILES string of the molecule is CNC(=O)NC1CCN(c2cc(-c3nc4ccccc4[nH]3)c(F)cn2)CC1. The zero-order valence-corrected chi connectivity index (χ0v) is 15.0. The van der Waals surface area contributed by atoms with E-state index in [4.69, 9.17) is 0 Å². The van der Waals surface area contributed by atoms with Crippen LogP contribution < -0.4 is 15.5 Å². The van der Waals surface area contributed by atoms with Gasteiger partial charge in [-0.15, -0.1) is 0 Å². The summed E-state index contributed by atoms with van der Waals surface area (Å²) in [5.41, 5.74) is 2.07. The van der Waals surface area contributed by atoms with Crippen LogP contribution in [0.3, 0.4) is 0 Å². The molecule has 3 N–H and O–H groups in total. The van der Waals surface area contributed by atoms with Gasteiger partial charge in [-0.2, -0.15) is 0 Å². The minimum absolute atomic E-state index is 0.136. The maximum atomic E-state index is 14.4. The summed E-state index contributed by atoms with van der Waals surface area (Å²) in [4.78, 5) is 25.5. The second kappa shape index (κ2) is 7.22. The number of urea groups is 1. The fraction of sp³-hybridized carbons (Fsp3) is 0.316. The van der Waals surface area contributed by atoms with Crippen molar-refractivity contribution in [1.82, 2.24) is 25.6 Å². The second-order valence-corrected chi connectivity index (χ2v) is 6.61. The smallest absolute Gasteiger partial charge is 0.314 e. The fourth-order valence-electron chi connectivity index (χ4n) is 3.37. The molecule has 8 heteroatoms. The third-order valence-electron chi connectivity index (χ3n) is 4.87. The van der Waals surface area contributed by atoms with Gasteiger partial charge in [-0.1, -0.05) is 12.1 Å². The monoisotopic (exact) mass is 368 g/mol. The molecule has 1 aliphatic heterocycles. The summed E-state index contributed by atoms with van der Waals surface area (Å²) in [6, 6.07) is 9.32. The summed E-state index contributed by atoms with van der Waals surface area (Å²) in [6.07, 6.45) is 2.87. The van der Waals surface area contributed by atoms with E-state index in [1.807, 2.05) is 24.3 Å². The predicted molar refractivity (Wildman–Crippen MR) is 102 cm³/mol. The summed E-state index contributed by atoms with van der Waals surface area (Å²) < 4.78 is 14.4. The Morgan fingerprint density at radius 3 is 2.81 bits per heavy atom. The number of halogens is 1. The van der Waals surface area contributed by atoms with Gasteiger partial charge < -0.3 is 20.5 Å². The van der Waals surface area contributed by atoms with Crippen molar-refractivity contribution in [1.29, 1.82) is 0 Å². The van der Waals surface area contributed by atoms with Gasteiger partial charge >= 0.3 is 6.03 Å². The highest BCUT2D eigenvalue weighted by atomic mass is 19.1. The number of carbonyl (C=O) groups is 1. The van der Waals surface area contributed by atoms with Crippen LogP contribution in [0.2, 0.25) is 0 Å². The lowest BCUT2D eigenvalue weighted by atomic mass is 10.0. The van der Waals surface area contributed by atoms with Crippen molar-refractivity contribution >= 4 is 22.9 Å². The van der Waals surface area contributed by atoms with Gasteiger partial charge in [-0.25, -0.2) is 19.2 Å². The Morgan fingerprint density at radius 2 is 2.07 bits per heavy atom. The number of nitrogens with zero attached hydrogens (tertiary/aromatic N) is 3. The summed E-state index contributed by atoms with van der Waals surface area (Å²) in [5.74, 6) is 0.799. The summed E-state index contributed by atoms with van der Waals surface area (Å²) in [6.45, 7) is 1.49. The first-order chi connectivity index (χ1) is 13.1. The second-order valence-electron chi connectivity index (χ2n) is 6.61. The number of H-pyrrole nitrogens is 1. The van der Waals surface area contributed by atoms with Crippen molar-refractivity contribution in [2.24, 2.45) is 0 Å². The van der Waals surface area contributed by atoms with Crippen molar-refractivity contribution in [3.8, 4) is 11.4 Å². The number of anilines is 1. The molecular formula is C19H21FN6O. The molecule has 0 atom stereocenters. The average Bonchev–Trinajstić information content (AvgIpc) is 3.13. The van der Waals surface area contributed by atoms with Gasteiger partial charge in [-0.3, -0.25) is 0 Å². The van der Waals surface area contributed by atoms with Crippen LogP contribution in [0.4, 0.5) is 15.0 Å². The van der Waals surface area contributed by atoms with E-state index in [0.717, 1.165) is 37.0 Å². The van der Waals surface area contributed by atoms with Crippen LogP contribution in [-0.2, 0) is 0 Å². The Morgan fingerprint density at radius 1 is 1.30 bits per heavy atom. The van der Waals surface area contributed by atoms with Gasteiger partial charge in [0.25, 0.3) is 0 Å². The van der Waals surface area contributed by atoms with E-state index in [1.54, 1.807) is 13.1 Å². The molecule has 1 saturated heterocycles. The molecule has 27 heavy (non-hydrogen) atoms. The molecule has 0 saturated carbocycles. The lowest BCUT2D eigenvalue weighted by Crippen LogP contribution is -2.47. The van der Waals surface area contributed by atoms with Gasteiger partial charge in [-0.05, 0) is 31.0 Å². The van der Waals surface area contributed by atoms with Gasteiger partial charge in [0.1, 0.15) is 11.6 Å². The third-order valence-corrected chi connectivity index (χ3v) is 4.87. The van der Waals surface area contributed by atoms with Crippen molar-refractivity contribution < 1.29 is 9.18 Å². The number of rotatable bonds is 3. The number of para-hydroxylation sites is 2. The van der Waals surface area contributed by atoms with Crippen molar-refractivity contribution in [3.63, 3.8) is 0 Å². The number of amides is 2. The number of pyridine rings is 1. The number of hydrogen-bond donors (Lipinski definition) is 3. The largest absolute Gasteiger partial charge is 0.356 e. The molecule has 1 aliphatic rings. The summed E-state index contributed by atoms with van der Waals surface area (Å²) >= 11 is 0. The van der Waals surface area contributed by atoms with Crippen molar-refractivity contribution in [2.45, 2.75) is 18.9 Å². The number of piperidine rings is 1. The highest BCUT2D eigenvalue weighted by Crippen LogP contribution is 2.27. The molecule has 3 heterocycles. The van der Waals surface area contributed by atoms with E-state index >= 15 is 0 Å². The van der Waals surface area contributed by atoms with Gasteiger partial charge in [0.2, 0.25) is 0 Å². The maximum Gasteiger partial charge on any atom is 0.314 e. The lowest BCUT2D eigenvalue weighted by molar-refractivity contribution is 0.236. The molecule has 0 unspecified atom stereocenters. The number of hydrogen-bond acceptors (Lipinski definition) is 4. The molecule has 2 amide bonds.